The maximum Gasteiger partial charge on any atom is 0.321 e. The van der Waals surface area contributed by atoms with Gasteiger partial charge < -0.3 is 14.6 Å². The molecule has 0 aromatic heterocycles. The Morgan fingerprint density at radius 2 is 2.21 bits per heavy atom. The molecule has 1 aromatic carbocycles. The predicted molar refractivity (Wildman–Crippen MR) is 72.2 cm³/mol. The molecule has 1 saturated heterocycles. The molecule has 2 aliphatic heterocycles. The summed E-state index contributed by atoms with van der Waals surface area (Å²) < 4.78 is 11.0. The zero-order valence-corrected chi connectivity index (χ0v) is 11.5. The molecule has 0 saturated carbocycles. The van der Waals surface area contributed by atoms with Gasteiger partial charge in [0.2, 0.25) is 0 Å². The van der Waals surface area contributed by atoms with E-state index in [1.54, 1.807) is 17.8 Å². The van der Waals surface area contributed by atoms with E-state index in [1.165, 1.54) is 0 Å². The molecule has 1 fully saturated rings. The van der Waals surface area contributed by atoms with Gasteiger partial charge in [-0.25, -0.2) is 0 Å². The van der Waals surface area contributed by atoms with Gasteiger partial charge in [0.05, 0.1) is 10.4 Å². The van der Waals surface area contributed by atoms with Crippen molar-refractivity contribution in [2.45, 2.75) is 11.4 Å². The van der Waals surface area contributed by atoms with E-state index in [-0.39, 0.29) is 5.37 Å². The van der Waals surface area contributed by atoms with Gasteiger partial charge in [-0.15, -0.1) is 11.8 Å². The van der Waals surface area contributed by atoms with Crippen LogP contribution in [0.4, 0.5) is 0 Å². The molecule has 7 heteroatoms. The highest BCUT2D eigenvalue weighted by molar-refractivity contribution is 7.99. The zero-order chi connectivity index (χ0) is 13.4. The Balaban J connectivity index is 1.86. The molecule has 102 valence electrons. The van der Waals surface area contributed by atoms with Crippen LogP contribution in [0.1, 0.15) is 10.9 Å². The van der Waals surface area contributed by atoms with E-state index in [4.69, 9.17) is 26.2 Å². The highest BCUT2D eigenvalue weighted by atomic mass is 35.5. The number of fused-ring (bicyclic) bond motifs is 1. The van der Waals surface area contributed by atoms with Crippen molar-refractivity contribution in [3.05, 3.63) is 22.7 Å². The van der Waals surface area contributed by atoms with Crippen molar-refractivity contribution in [1.82, 2.24) is 5.32 Å². The molecule has 2 atom stereocenters. The highest BCUT2D eigenvalue weighted by Crippen LogP contribution is 2.42. The van der Waals surface area contributed by atoms with Crippen molar-refractivity contribution in [3.8, 4) is 11.5 Å². The first-order valence-electron chi connectivity index (χ1n) is 5.84. The molecule has 2 N–H and O–H groups in total. The minimum Gasteiger partial charge on any atom is -0.486 e. The maximum absolute atomic E-state index is 10.9. The largest absolute Gasteiger partial charge is 0.486 e. The number of hydrogen-bond donors (Lipinski definition) is 2. The molecular formula is C12H12ClNO4S. The third-order valence-corrected chi connectivity index (χ3v) is 4.55. The van der Waals surface area contributed by atoms with Crippen LogP contribution in [0.2, 0.25) is 5.02 Å². The first kappa shape index (κ1) is 12.9. The SMILES string of the molecule is O=C(O)[C@@H]1CSC(c2cc(Cl)c3c(c2)OCCO3)N1. The lowest BCUT2D eigenvalue weighted by molar-refractivity contribution is -0.138. The lowest BCUT2D eigenvalue weighted by Gasteiger charge is -2.21. The standard InChI is InChI=1S/C12H12ClNO4S/c13-7-3-6(4-9-10(7)18-2-1-17-9)11-14-8(5-19-11)12(15)16/h3-4,8,11,14H,1-2,5H2,(H,15,16)/t8-,11?/m0/s1. The number of benzene rings is 1. The minimum absolute atomic E-state index is 0.0885. The van der Waals surface area contributed by atoms with Gasteiger partial charge in [-0.3, -0.25) is 10.1 Å². The molecule has 5 nitrogen and oxygen atoms in total. The quantitative estimate of drug-likeness (QED) is 0.869. The zero-order valence-electron chi connectivity index (χ0n) is 9.89. The van der Waals surface area contributed by atoms with Crippen molar-refractivity contribution in [3.63, 3.8) is 0 Å². The number of carbonyl (C=O) groups is 1. The second-order valence-corrected chi connectivity index (χ2v) is 5.84. The number of carboxylic acid groups (broad SMARTS) is 1. The summed E-state index contributed by atoms with van der Waals surface area (Å²) in [5.74, 6) is 0.884. The Bertz CT molecular complexity index is 525. The number of aliphatic carboxylic acids is 1. The number of nitrogens with one attached hydrogen (secondary N) is 1. The molecule has 0 aliphatic carbocycles. The average Bonchev–Trinajstić information content (AvgIpc) is 2.88. The summed E-state index contributed by atoms with van der Waals surface area (Å²) >= 11 is 7.71. The fourth-order valence-corrected chi connectivity index (χ4v) is 3.57. The van der Waals surface area contributed by atoms with Crippen molar-refractivity contribution in [2.24, 2.45) is 0 Å². The van der Waals surface area contributed by atoms with Crippen LogP contribution in [0.5, 0.6) is 11.5 Å². The monoisotopic (exact) mass is 301 g/mol. The fourth-order valence-electron chi connectivity index (χ4n) is 2.09. The smallest absolute Gasteiger partial charge is 0.321 e. The molecular weight excluding hydrogens is 290 g/mol. The number of thioether (sulfide) groups is 1. The summed E-state index contributed by atoms with van der Waals surface area (Å²) in [5.41, 5.74) is 0.906. The van der Waals surface area contributed by atoms with Gasteiger partial charge in [0.1, 0.15) is 19.3 Å². The summed E-state index contributed by atoms with van der Waals surface area (Å²) in [5, 5.41) is 12.4. The number of rotatable bonds is 2. The molecule has 2 aliphatic rings. The van der Waals surface area contributed by atoms with Crippen molar-refractivity contribution in [1.29, 1.82) is 0 Å². The van der Waals surface area contributed by atoms with Gasteiger partial charge in [-0.05, 0) is 17.7 Å². The van der Waals surface area contributed by atoms with Crippen molar-refractivity contribution >= 4 is 29.3 Å². The topological polar surface area (TPSA) is 67.8 Å². The third kappa shape index (κ3) is 2.48. The second kappa shape index (κ2) is 5.11. The highest BCUT2D eigenvalue weighted by Gasteiger charge is 2.31. The Morgan fingerprint density at radius 3 is 2.95 bits per heavy atom. The van der Waals surface area contributed by atoms with Crippen LogP contribution in [0.3, 0.4) is 0 Å². The van der Waals surface area contributed by atoms with Gasteiger partial charge in [-0.2, -0.15) is 0 Å². The first-order valence-corrected chi connectivity index (χ1v) is 7.27. The van der Waals surface area contributed by atoms with Crippen LogP contribution in [0.15, 0.2) is 12.1 Å². The predicted octanol–water partition coefficient (Wildman–Crippen LogP) is 1.90. The molecule has 2 heterocycles. The van der Waals surface area contributed by atoms with E-state index < -0.39 is 12.0 Å². The van der Waals surface area contributed by atoms with Crippen LogP contribution in [0.25, 0.3) is 0 Å². The molecule has 0 radical (unpaired) electrons. The fraction of sp³-hybridized carbons (Fsp3) is 0.417. The minimum atomic E-state index is -0.835. The Labute approximate surface area is 119 Å². The molecule has 0 amide bonds. The molecule has 1 unspecified atom stereocenters. The van der Waals surface area contributed by atoms with E-state index in [0.717, 1.165) is 5.56 Å². The molecule has 19 heavy (non-hydrogen) atoms. The van der Waals surface area contributed by atoms with E-state index in [1.807, 2.05) is 6.07 Å². The van der Waals surface area contributed by atoms with Crippen LogP contribution < -0.4 is 14.8 Å². The number of halogens is 1. The molecule has 3 rings (SSSR count). The van der Waals surface area contributed by atoms with Gasteiger partial charge in [-0.1, -0.05) is 11.6 Å². The molecule has 0 bridgehead atoms. The van der Waals surface area contributed by atoms with Gasteiger partial charge >= 0.3 is 5.97 Å². The van der Waals surface area contributed by atoms with Crippen molar-refractivity contribution < 1.29 is 19.4 Å². The first-order chi connectivity index (χ1) is 9.15. The van der Waals surface area contributed by atoms with E-state index in [9.17, 15) is 4.79 Å². The molecule has 1 aromatic rings. The number of carboxylic acids is 1. The summed E-state index contributed by atoms with van der Waals surface area (Å²) in [6.45, 7) is 0.985. The third-order valence-electron chi connectivity index (χ3n) is 3.00. The summed E-state index contributed by atoms with van der Waals surface area (Å²) in [6.07, 6.45) is 0. The lowest BCUT2D eigenvalue weighted by Crippen LogP contribution is -2.33. The molecule has 0 spiro atoms. The number of hydrogen-bond acceptors (Lipinski definition) is 5. The van der Waals surface area contributed by atoms with Gasteiger partial charge in [0.15, 0.2) is 11.5 Å². The Hall–Kier alpha value is -1.11. The van der Waals surface area contributed by atoms with Crippen LogP contribution in [-0.4, -0.2) is 36.1 Å². The maximum atomic E-state index is 10.9. The van der Waals surface area contributed by atoms with Gasteiger partial charge in [0, 0.05) is 5.75 Å². The summed E-state index contributed by atoms with van der Waals surface area (Å²) in [6, 6.07) is 3.13. The Kier molecular flexibility index (Phi) is 3.47. The average molecular weight is 302 g/mol. The van der Waals surface area contributed by atoms with Gasteiger partial charge in [0.25, 0.3) is 0 Å². The van der Waals surface area contributed by atoms with Crippen LogP contribution in [0, 0.1) is 0 Å². The van der Waals surface area contributed by atoms with E-state index in [0.29, 0.717) is 35.5 Å². The van der Waals surface area contributed by atoms with Crippen molar-refractivity contribution in [2.75, 3.05) is 19.0 Å². The van der Waals surface area contributed by atoms with Crippen LogP contribution >= 0.6 is 23.4 Å². The van der Waals surface area contributed by atoms with Crippen LogP contribution in [-0.2, 0) is 4.79 Å². The van der Waals surface area contributed by atoms with E-state index >= 15 is 0 Å². The lowest BCUT2D eigenvalue weighted by atomic mass is 10.1. The van der Waals surface area contributed by atoms with E-state index in [2.05, 4.69) is 5.32 Å². The number of ether oxygens (including phenoxy) is 2. The summed E-state index contributed by atoms with van der Waals surface area (Å²) in [7, 11) is 0. The Morgan fingerprint density at radius 1 is 1.42 bits per heavy atom. The normalized spacial score (nSPS) is 25.3. The second-order valence-electron chi connectivity index (χ2n) is 4.30. The summed E-state index contributed by atoms with van der Waals surface area (Å²) in [4.78, 5) is 10.9.